The largest absolute Gasteiger partial charge is 0.491 e. The molecule has 2 aromatic rings. The van der Waals surface area contributed by atoms with Crippen LogP contribution in [0, 0.1) is 13.8 Å². The third kappa shape index (κ3) is 2.63. The van der Waals surface area contributed by atoms with Gasteiger partial charge in [-0.05, 0) is 31.5 Å². The van der Waals surface area contributed by atoms with Crippen molar-refractivity contribution in [3.05, 3.63) is 58.7 Å². The van der Waals surface area contributed by atoms with Crippen molar-refractivity contribution >= 4 is 0 Å². The van der Waals surface area contributed by atoms with Gasteiger partial charge in [0.1, 0.15) is 24.7 Å². The van der Waals surface area contributed by atoms with E-state index < -0.39 is 0 Å². The molecule has 2 N–H and O–H groups in total. The number of aryl methyl sites for hydroxylation is 2. The third-order valence-corrected chi connectivity index (χ3v) is 3.49. The zero-order valence-corrected chi connectivity index (χ0v) is 11.8. The quantitative estimate of drug-likeness (QED) is 0.930. The van der Waals surface area contributed by atoms with Gasteiger partial charge in [0, 0.05) is 11.6 Å². The van der Waals surface area contributed by atoms with Crippen molar-refractivity contribution in [1.29, 1.82) is 0 Å². The van der Waals surface area contributed by atoms with Gasteiger partial charge in [0.05, 0.1) is 6.04 Å². The normalized spacial score (nSPS) is 16.6. The molecule has 1 atom stereocenters. The van der Waals surface area contributed by atoms with Gasteiger partial charge in [0.2, 0.25) is 0 Å². The molecular formula is C17H19NO2. The standard InChI is InChI=1S/C17H19NO2/c1-11-5-12(2)7-13(6-11)9-19-14-3-4-15-16(18)10-20-17(15)8-14/h3-8,16H,9-10,18H2,1-2H3. The van der Waals surface area contributed by atoms with E-state index in [1.54, 1.807) is 0 Å². The first-order chi connectivity index (χ1) is 9.61. The summed E-state index contributed by atoms with van der Waals surface area (Å²) in [5.41, 5.74) is 10.7. The second-order valence-electron chi connectivity index (χ2n) is 5.40. The zero-order chi connectivity index (χ0) is 14.1. The molecule has 0 amide bonds. The highest BCUT2D eigenvalue weighted by Gasteiger charge is 2.20. The molecule has 3 nitrogen and oxygen atoms in total. The van der Waals surface area contributed by atoms with E-state index in [9.17, 15) is 0 Å². The van der Waals surface area contributed by atoms with Crippen LogP contribution in [0.1, 0.15) is 28.3 Å². The Hall–Kier alpha value is -2.00. The number of benzene rings is 2. The predicted octanol–water partition coefficient (Wildman–Crippen LogP) is 3.27. The van der Waals surface area contributed by atoms with Crippen molar-refractivity contribution in [2.24, 2.45) is 5.73 Å². The first kappa shape index (κ1) is 13.0. The van der Waals surface area contributed by atoms with E-state index in [4.69, 9.17) is 15.2 Å². The van der Waals surface area contributed by atoms with Crippen LogP contribution in [0.5, 0.6) is 11.5 Å². The zero-order valence-electron chi connectivity index (χ0n) is 11.8. The van der Waals surface area contributed by atoms with Crippen LogP contribution in [0.4, 0.5) is 0 Å². The van der Waals surface area contributed by atoms with Crippen LogP contribution < -0.4 is 15.2 Å². The Morgan fingerprint density at radius 2 is 1.90 bits per heavy atom. The molecule has 3 heteroatoms. The van der Waals surface area contributed by atoms with Crippen LogP contribution in [0.3, 0.4) is 0 Å². The van der Waals surface area contributed by atoms with Crippen LogP contribution in [0.15, 0.2) is 36.4 Å². The van der Waals surface area contributed by atoms with E-state index in [-0.39, 0.29) is 6.04 Å². The summed E-state index contributed by atoms with van der Waals surface area (Å²) >= 11 is 0. The highest BCUT2D eigenvalue weighted by molar-refractivity contribution is 5.44. The van der Waals surface area contributed by atoms with Crippen molar-refractivity contribution in [1.82, 2.24) is 0 Å². The smallest absolute Gasteiger partial charge is 0.127 e. The lowest BCUT2D eigenvalue weighted by Crippen LogP contribution is -2.10. The van der Waals surface area contributed by atoms with Gasteiger partial charge >= 0.3 is 0 Å². The van der Waals surface area contributed by atoms with Gasteiger partial charge in [-0.1, -0.05) is 29.3 Å². The lowest BCUT2D eigenvalue weighted by molar-refractivity contribution is 0.301. The Kier molecular flexibility index (Phi) is 3.36. The molecule has 0 saturated carbocycles. The Labute approximate surface area is 119 Å². The van der Waals surface area contributed by atoms with Crippen LogP contribution in [0.25, 0.3) is 0 Å². The molecule has 2 aromatic carbocycles. The number of hydrogen-bond acceptors (Lipinski definition) is 3. The van der Waals surface area contributed by atoms with E-state index in [0.29, 0.717) is 13.2 Å². The van der Waals surface area contributed by atoms with E-state index in [2.05, 4.69) is 32.0 Å². The lowest BCUT2D eigenvalue weighted by Gasteiger charge is -2.09. The summed E-state index contributed by atoms with van der Waals surface area (Å²) in [6, 6.07) is 12.3. The van der Waals surface area contributed by atoms with E-state index in [1.165, 1.54) is 16.7 Å². The Balaban J connectivity index is 1.72. The minimum atomic E-state index is -0.0153. The minimum absolute atomic E-state index is 0.0153. The van der Waals surface area contributed by atoms with Crippen LogP contribution in [-0.2, 0) is 6.61 Å². The van der Waals surface area contributed by atoms with E-state index in [0.717, 1.165) is 17.1 Å². The van der Waals surface area contributed by atoms with Crippen LogP contribution in [0.2, 0.25) is 0 Å². The maximum atomic E-state index is 5.93. The van der Waals surface area contributed by atoms with Crippen LogP contribution >= 0.6 is 0 Å². The first-order valence-electron chi connectivity index (χ1n) is 6.84. The molecule has 1 heterocycles. The van der Waals surface area contributed by atoms with E-state index in [1.807, 2.05) is 18.2 Å². The van der Waals surface area contributed by atoms with Crippen molar-refractivity contribution in [2.75, 3.05) is 6.61 Å². The molecule has 0 bridgehead atoms. The molecule has 1 unspecified atom stereocenters. The average Bonchev–Trinajstić information content (AvgIpc) is 2.77. The lowest BCUT2D eigenvalue weighted by atomic mass is 10.1. The maximum Gasteiger partial charge on any atom is 0.127 e. The van der Waals surface area contributed by atoms with Crippen molar-refractivity contribution in [2.45, 2.75) is 26.5 Å². The Morgan fingerprint density at radius 1 is 1.15 bits per heavy atom. The predicted molar refractivity (Wildman–Crippen MR) is 79.1 cm³/mol. The number of nitrogens with two attached hydrogens (primary N) is 1. The molecule has 0 aromatic heterocycles. The molecule has 0 aliphatic carbocycles. The Morgan fingerprint density at radius 3 is 2.65 bits per heavy atom. The molecular weight excluding hydrogens is 250 g/mol. The average molecular weight is 269 g/mol. The summed E-state index contributed by atoms with van der Waals surface area (Å²) in [6.45, 7) is 5.31. The highest BCUT2D eigenvalue weighted by atomic mass is 16.5. The summed E-state index contributed by atoms with van der Waals surface area (Å²) in [5, 5.41) is 0. The molecule has 0 fully saturated rings. The molecule has 104 valence electrons. The minimum Gasteiger partial charge on any atom is -0.491 e. The van der Waals surface area contributed by atoms with Gasteiger partial charge in [0.25, 0.3) is 0 Å². The topological polar surface area (TPSA) is 44.5 Å². The first-order valence-corrected chi connectivity index (χ1v) is 6.84. The third-order valence-electron chi connectivity index (χ3n) is 3.49. The van der Waals surface area contributed by atoms with Gasteiger partial charge in [-0.3, -0.25) is 0 Å². The second kappa shape index (κ2) is 5.17. The van der Waals surface area contributed by atoms with Gasteiger partial charge in [-0.15, -0.1) is 0 Å². The Bertz CT molecular complexity index is 617. The van der Waals surface area contributed by atoms with Crippen molar-refractivity contribution in [3.63, 3.8) is 0 Å². The summed E-state index contributed by atoms with van der Waals surface area (Å²) in [6.07, 6.45) is 0. The summed E-state index contributed by atoms with van der Waals surface area (Å²) in [7, 11) is 0. The van der Waals surface area contributed by atoms with Gasteiger partial charge in [-0.25, -0.2) is 0 Å². The van der Waals surface area contributed by atoms with E-state index >= 15 is 0 Å². The number of ether oxygens (including phenoxy) is 2. The van der Waals surface area contributed by atoms with Gasteiger partial charge in [0.15, 0.2) is 0 Å². The van der Waals surface area contributed by atoms with Crippen molar-refractivity contribution < 1.29 is 9.47 Å². The van der Waals surface area contributed by atoms with Gasteiger partial charge in [-0.2, -0.15) is 0 Å². The maximum absolute atomic E-state index is 5.93. The monoisotopic (exact) mass is 269 g/mol. The second-order valence-corrected chi connectivity index (χ2v) is 5.40. The molecule has 1 aliphatic rings. The summed E-state index contributed by atoms with van der Waals surface area (Å²) < 4.78 is 11.4. The molecule has 3 rings (SSSR count). The summed E-state index contributed by atoms with van der Waals surface area (Å²) in [5.74, 6) is 1.66. The molecule has 1 aliphatic heterocycles. The fourth-order valence-corrected chi connectivity index (χ4v) is 2.62. The summed E-state index contributed by atoms with van der Waals surface area (Å²) in [4.78, 5) is 0. The molecule has 0 spiro atoms. The SMILES string of the molecule is Cc1cc(C)cc(COc2ccc3c(c2)OCC3N)c1. The molecule has 20 heavy (non-hydrogen) atoms. The van der Waals surface area contributed by atoms with Gasteiger partial charge < -0.3 is 15.2 Å². The molecule has 0 radical (unpaired) electrons. The van der Waals surface area contributed by atoms with Crippen molar-refractivity contribution in [3.8, 4) is 11.5 Å². The number of fused-ring (bicyclic) bond motifs is 1. The number of rotatable bonds is 3. The number of hydrogen-bond donors (Lipinski definition) is 1. The fourth-order valence-electron chi connectivity index (χ4n) is 2.62. The van der Waals surface area contributed by atoms with Crippen LogP contribution in [-0.4, -0.2) is 6.61 Å². The fraction of sp³-hybridized carbons (Fsp3) is 0.294. The highest BCUT2D eigenvalue weighted by Crippen LogP contribution is 2.34. The molecule has 0 saturated heterocycles.